The van der Waals surface area contributed by atoms with Crippen molar-refractivity contribution in [2.75, 3.05) is 32.1 Å². The van der Waals surface area contributed by atoms with E-state index in [1.54, 1.807) is 6.92 Å². The Kier molecular flexibility index (Phi) is 4.62. The highest BCUT2D eigenvalue weighted by atomic mass is 32.1. The normalized spacial score (nSPS) is 21.1. The smallest absolute Gasteiger partial charge is 0.304 e. The lowest BCUT2D eigenvalue weighted by Gasteiger charge is -2.25. The number of rotatable bonds is 5. The van der Waals surface area contributed by atoms with Crippen LogP contribution < -0.4 is 4.90 Å². The standard InChI is InChI=1S/C13H21N3O3S/c1-9(17)12-7-11(16(18)19)13(20-12)15(3)8-10-5-4-6-14(10)2/h7,9-10,17H,4-6,8H2,1-3H3/t9-,10?/m1/s1. The molecule has 1 aromatic rings. The first-order chi connectivity index (χ1) is 9.40. The van der Waals surface area contributed by atoms with Crippen molar-refractivity contribution in [3.8, 4) is 0 Å². The Balaban J connectivity index is 2.19. The van der Waals surface area contributed by atoms with Gasteiger partial charge < -0.3 is 14.9 Å². The summed E-state index contributed by atoms with van der Waals surface area (Å²) in [6.45, 7) is 3.49. The van der Waals surface area contributed by atoms with Gasteiger partial charge in [0.25, 0.3) is 0 Å². The molecule has 2 atom stereocenters. The van der Waals surface area contributed by atoms with Crippen molar-refractivity contribution in [3.63, 3.8) is 0 Å². The van der Waals surface area contributed by atoms with E-state index < -0.39 is 6.10 Å². The van der Waals surface area contributed by atoms with Crippen LogP contribution in [0.2, 0.25) is 0 Å². The zero-order chi connectivity index (χ0) is 14.9. The molecule has 7 heteroatoms. The van der Waals surface area contributed by atoms with Crippen LogP contribution >= 0.6 is 11.3 Å². The average molecular weight is 299 g/mol. The quantitative estimate of drug-likeness (QED) is 0.667. The molecule has 112 valence electrons. The van der Waals surface area contributed by atoms with Crippen molar-refractivity contribution in [2.45, 2.75) is 31.9 Å². The second kappa shape index (κ2) is 6.07. The summed E-state index contributed by atoms with van der Waals surface area (Å²) in [5.41, 5.74) is 0.0917. The molecule has 2 heterocycles. The van der Waals surface area contributed by atoms with Gasteiger partial charge in [0, 0.05) is 30.6 Å². The maximum absolute atomic E-state index is 11.2. The SMILES string of the molecule is C[C@@H](O)c1cc([N+](=O)[O-])c(N(C)CC2CCCN2C)s1. The van der Waals surface area contributed by atoms with Crippen LogP contribution in [0.3, 0.4) is 0 Å². The monoisotopic (exact) mass is 299 g/mol. The number of nitrogens with zero attached hydrogens (tertiary/aromatic N) is 3. The Morgan fingerprint density at radius 2 is 2.40 bits per heavy atom. The van der Waals surface area contributed by atoms with Gasteiger partial charge in [-0.25, -0.2) is 0 Å². The van der Waals surface area contributed by atoms with Gasteiger partial charge in [0.15, 0.2) is 5.00 Å². The fourth-order valence-corrected chi connectivity index (χ4v) is 3.64. The van der Waals surface area contributed by atoms with Gasteiger partial charge in [-0.1, -0.05) is 0 Å². The molecule has 0 radical (unpaired) electrons. The van der Waals surface area contributed by atoms with Crippen LogP contribution in [0.4, 0.5) is 10.7 Å². The largest absolute Gasteiger partial charge is 0.388 e. The van der Waals surface area contributed by atoms with Crippen LogP contribution in [-0.4, -0.2) is 48.2 Å². The number of hydrogen-bond donors (Lipinski definition) is 1. The minimum Gasteiger partial charge on any atom is -0.388 e. The molecular formula is C13H21N3O3S. The molecule has 1 aromatic heterocycles. The molecule has 6 nitrogen and oxygen atoms in total. The minimum atomic E-state index is -0.671. The number of likely N-dealkylation sites (tertiary alicyclic amines) is 1. The number of thiophene rings is 1. The molecule has 1 aliphatic heterocycles. The van der Waals surface area contributed by atoms with Crippen molar-refractivity contribution < 1.29 is 10.0 Å². The molecule has 2 rings (SSSR count). The lowest BCUT2D eigenvalue weighted by molar-refractivity contribution is -0.383. The first-order valence-electron chi connectivity index (χ1n) is 6.77. The van der Waals surface area contributed by atoms with Crippen molar-refractivity contribution in [3.05, 3.63) is 21.1 Å². The third-order valence-corrected chi connectivity index (χ3v) is 5.23. The number of hydrogen-bond acceptors (Lipinski definition) is 6. The highest BCUT2D eigenvalue weighted by molar-refractivity contribution is 7.16. The summed E-state index contributed by atoms with van der Waals surface area (Å²) < 4.78 is 0. The van der Waals surface area contributed by atoms with Gasteiger partial charge in [0.1, 0.15) is 0 Å². The van der Waals surface area contributed by atoms with Crippen molar-refractivity contribution in [1.82, 2.24) is 4.90 Å². The topological polar surface area (TPSA) is 69.8 Å². The zero-order valence-corrected chi connectivity index (χ0v) is 12.9. The maximum atomic E-state index is 11.2. The van der Waals surface area contributed by atoms with Crippen molar-refractivity contribution in [2.24, 2.45) is 0 Å². The molecule has 20 heavy (non-hydrogen) atoms. The lowest BCUT2D eigenvalue weighted by atomic mass is 10.2. The van der Waals surface area contributed by atoms with Gasteiger partial charge in [-0.2, -0.15) is 0 Å². The van der Waals surface area contributed by atoms with Crippen LogP contribution in [0.25, 0.3) is 0 Å². The van der Waals surface area contributed by atoms with E-state index in [4.69, 9.17) is 0 Å². The molecule has 0 saturated carbocycles. The highest BCUT2D eigenvalue weighted by Crippen LogP contribution is 2.39. The fourth-order valence-electron chi connectivity index (χ4n) is 2.61. The first kappa shape index (κ1) is 15.2. The van der Waals surface area contributed by atoms with Crippen LogP contribution in [0.5, 0.6) is 0 Å². The van der Waals surface area contributed by atoms with Crippen molar-refractivity contribution >= 4 is 22.0 Å². The van der Waals surface area contributed by atoms with Gasteiger partial charge in [0.05, 0.1) is 11.0 Å². The highest BCUT2D eigenvalue weighted by Gasteiger charge is 2.27. The minimum absolute atomic E-state index is 0.0917. The molecule has 0 bridgehead atoms. The Morgan fingerprint density at radius 1 is 1.70 bits per heavy atom. The first-order valence-corrected chi connectivity index (χ1v) is 7.59. The van der Waals surface area contributed by atoms with E-state index >= 15 is 0 Å². The number of anilines is 1. The van der Waals surface area contributed by atoms with Gasteiger partial charge in [-0.3, -0.25) is 10.1 Å². The molecule has 1 aliphatic rings. The lowest BCUT2D eigenvalue weighted by Crippen LogP contribution is -2.36. The van der Waals surface area contributed by atoms with E-state index in [0.717, 1.165) is 19.5 Å². The summed E-state index contributed by atoms with van der Waals surface area (Å²) in [6.07, 6.45) is 1.64. The van der Waals surface area contributed by atoms with Gasteiger partial charge >= 0.3 is 5.69 Å². The van der Waals surface area contributed by atoms with Crippen LogP contribution in [0, 0.1) is 10.1 Å². The molecule has 1 fully saturated rings. The average Bonchev–Trinajstić information content (AvgIpc) is 2.96. The molecule has 0 aromatic carbocycles. The molecule has 1 unspecified atom stereocenters. The number of aliphatic hydroxyl groups is 1. The number of aliphatic hydroxyl groups excluding tert-OH is 1. The molecule has 1 N–H and O–H groups in total. The van der Waals surface area contributed by atoms with Crippen molar-refractivity contribution in [1.29, 1.82) is 0 Å². The third kappa shape index (κ3) is 3.11. The van der Waals surface area contributed by atoms with Gasteiger partial charge in [0.2, 0.25) is 0 Å². The number of likely N-dealkylation sites (N-methyl/N-ethyl adjacent to an activating group) is 2. The zero-order valence-electron chi connectivity index (χ0n) is 12.1. The Morgan fingerprint density at radius 3 is 2.90 bits per heavy atom. The summed E-state index contributed by atoms with van der Waals surface area (Å²) in [6, 6.07) is 1.93. The molecule has 1 saturated heterocycles. The van der Waals surface area contributed by atoms with Crippen LogP contribution in [-0.2, 0) is 0 Å². The molecular weight excluding hydrogens is 278 g/mol. The van der Waals surface area contributed by atoms with Gasteiger partial charge in [-0.15, -0.1) is 11.3 Å². The second-order valence-electron chi connectivity index (χ2n) is 5.43. The summed E-state index contributed by atoms with van der Waals surface area (Å²) >= 11 is 1.30. The second-order valence-corrected chi connectivity index (χ2v) is 6.49. The van der Waals surface area contributed by atoms with Gasteiger partial charge in [-0.05, 0) is 33.4 Å². The van der Waals surface area contributed by atoms with Crippen LogP contribution in [0.1, 0.15) is 30.7 Å². The molecule has 0 aliphatic carbocycles. The van der Waals surface area contributed by atoms with Crippen LogP contribution in [0.15, 0.2) is 6.07 Å². The predicted octanol–water partition coefficient (Wildman–Crippen LogP) is 2.24. The summed E-state index contributed by atoms with van der Waals surface area (Å²) in [5.74, 6) is 0. The Hall–Kier alpha value is -1.18. The van der Waals surface area contributed by atoms with E-state index in [1.165, 1.54) is 23.8 Å². The Bertz CT molecular complexity index is 489. The summed E-state index contributed by atoms with van der Waals surface area (Å²) in [4.78, 5) is 15.7. The van der Waals surface area contributed by atoms with E-state index in [9.17, 15) is 15.2 Å². The summed E-state index contributed by atoms with van der Waals surface area (Å²) in [5, 5.41) is 21.4. The van der Waals surface area contributed by atoms with E-state index in [2.05, 4.69) is 11.9 Å². The number of nitro groups is 1. The third-order valence-electron chi connectivity index (χ3n) is 3.82. The van der Waals surface area contributed by atoms with E-state index in [1.807, 2.05) is 11.9 Å². The molecule has 0 amide bonds. The fraction of sp³-hybridized carbons (Fsp3) is 0.692. The molecule has 0 spiro atoms. The Labute approximate surface area is 122 Å². The maximum Gasteiger partial charge on any atom is 0.304 e. The predicted molar refractivity (Wildman–Crippen MR) is 80.5 cm³/mol. The summed E-state index contributed by atoms with van der Waals surface area (Å²) in [7, 11) is 3.98. The van der Waals surface area contributed by atoms with E-state index in [0.29, 0.717) is 15.9 Å². The van der Waals surface area contributed by atoms with E-state index in [-0.39, 0.29) is 10.6 Å².